The first-order chi connectivity index (χ1) is 7.74. The van der Waals surface area contributed by atoms with Crippen LogP contribution in [0.2, 0.25) is 0 Å². The molecule has 0 saturated carbocycles. The van der Waals surface area contributed by atoms with Gasteiger partial charge in [0.25, 0.3) is 0 Å². The van der Waals surface area contributed by atoms with E-state index in [2.05, 4.69) is 36.6 Å². The van der Waals surface area contributed by atoms with E-state index in [1.807, 2.05) is 0 Å². The second-order valence-electron chi connectivity index (χ2n) is 3.32. The Kier molecular flexibility index (Phi) is 4.70. The van der Waals surface area contributed by atoms with Crippen LogP contribution in [0, 0.1) is 0 Å². The van der Waals surface area contributed by atoms with Crippen LogP contribution in [0.4, 0.5) is 0 Å². The molecule has 1 rings (SSSR count). The van der Waals surface area contributed by atoms with E-state index in [9.17, 15) is 13.2 Å². The Morgan fingerprint density at radius 1 is 1.41 bits per heavy atom. The summed E-state index contributed by atoms with van der Waals surface area (Å²) in [6.45, 7) is 1.38. The minimum Gasteiger partial charge on any atom is -0.368 e. The molecule has 1 amide bonds. The van der Waals surface area contributed by atoms with E-state index in [-0.39, 0.29) is 4.90 Å². The predicted molar refractivity (Wildman–Crippen MR) is 70.8 cm³/mol. The van der Waals surface area contributed by atoms with Crippen LogP contribution in [0.1, 0.15) is 6.92 Å². The number of halogens is 2. The fourth-order valence-electron chi connectivity index (χ4n) is 1.04. The van der Waals surface area contributed by atoms with Gasteiger partial charge in [0, 0.05) is 8.95 Å². The number of carbonyl (C=O) groups is 1. The number of amides is 1. The summed E-state index contributed by atoms with van der Waals surface area (Å²) in [7, 11) is -3.79. The van der Waals surface area contributed by atoms with Crippen LogP contribution in [0.15, 0.2) is 32.0 Å². The molecule has 1 aromatic rings. The van der Waals surface area contributed by atoms with Gasteiger partial charge in [0.2, 0.25) is 15.9 Å². The monoisotopic (exact) mass is 384 g/mol. The van der Waals surface area contributed by atoms with Gasteiger partial charge >= 0.3 is 0 Å². The summed E-state index contributed by atoms with van der Waals surface area (Å²) in [6, 6.07) is 3.75. The third-order valence-corrected chi connectivity index (χ3v) is 4.97. The summed E-state index contributed by atoms with van der Waals surface area (Å²) in [6.07, 6.45) is 0. The third kappa shape index (κ3) is 3.77. The summed E-state index contributed by atoms with van der Waals surface area (Å²) in [4.78, 5) is 10.9. The van der Waals surface area contributed by atoms with E-state index < -0.39 is 22.0 Å². The highest BCUT2D eigenvalue weighted by molar-refractivity contribution is 9.11. The average molecular weight is 386 g/mol. The van der Waals surface area contributed by atoms with Crippen molar-refractivity contribution in [1.29, 1.82) is 0 Å². The first-order valence-electron chi connectivity index (χ1n) is 4.51. The molecule has 8 heteroatoms. The van der Waals surface area contributed by atoms with Crippen LogP contribution >= 0.6 is 31.9 Å². The molecule has 0 aliphatic rings. The SMILES string of the molecule is CC(NS(=O)(=O)c1cc(Br)ccc1Br)C(N)=O. The first kappa shape index (κ1) is 14.6. The van der Waals surface area contributed by atoms with E-state index in [1.54, 1.807) is 12.1 Å². The lowest BCUT2D eigenvalue weighted by Gasteiger charge is -2.12. The van der Waals surface area contributed by atoms with Gasteiger partial charge in [-0.1, -0.05) is 15.9 Å². The molecule has 17 heavy (non-hydrogen) atoms. The smallest absolute Gasteiger partial charge is 0.242 e. The van der Waals surface area contributed by atoms with Gasteiger partial charge in [0.15, 0.2) is 0 Å². The average Bonchev–Trinajstić information content (AvgIpc) is 2.20. The largest absolute Gasteiger partial charge is 0.368 e. The van der Waals surface area contributed by atoms with Crippen LogP contribution in [-0.4, -0.2) is 20.4 Å². The molecule has 0 bridgehead atoms. The molecule has 1 unspecified atom stereocenters. The molecular weight excluding hydrogens is 376 g/mol. The van der Waals surface area contributed by atoms with Crippen molar-refractivity contribution >= 4 is 47.8 Å². The predicted octanol–water partition coefficient (Wildman–Crippen LogP) is 1.36. The van der Waals surface area contributed by atoms with Crippen molar-refractivity contribution in [3.8, 4) is 0 Å². The van der Waals surface area contributed by atoms with Gasteiger partial charge in [-0.3, -0.25) is 4.79 Å². The van der Waals surface area contributed by atoms with Crippen molar-refractivity contribution in [2.24, 2.45) is 5.73 Å². The number of nitrogens with two attached hydrogens (primary N) is 1. The Labute approximate surface area is 116 Å². The Hall–Kier alpha value is -0.440. The topological polar surface area (TPSA) is 89.3 Å². The number of benzene rings is 1. The molecule has 0 aliphatic carbocycles. The second-order valence-corrected chi connectivity index (χ2v) is 6.77. The van der Waals surface area contributed by atoms with Crippen molar-refractivity contribution in [1.82, 2.24) is 4.72 Å². The number of nitrogens with one attached hydrogen (secondary N) is 1. The van der Waals surface area contributed by atoms with Gasteiger partial charge in [-0.05, 0) is 41.1 Å². The number of carbonyl (C=O) groups excluding carboxylic acids is 1. The summed E-state index contributed by atoms with van der Waals surface area (Å²) in [5, 5.41) is 0. The van der Waals surface area contributed by atoms with Gasteiger partial charge in [0.05, 0.1) is 10.9 Å². The number of primary amides is 1. The van der Waals surface area contributed by atoms with E-state index in [4.69, 9.17) is 5.73 Å². The van der Waals surface area contributed by atoms with Crippen LogP contribution in [0.25, 0.3) is 0 Å². The van der Waals surface area contributed by atoms with Crippen molar-refractivity contribution in [2.75, 3.05) is 0 Å². The molecule has 1 aromatic carbocycles. The van der Waals surface area contributed by atoms with Crippen molar-refractivity contribution < 1.29 is 13.2 Å². The van der Waals surface area contributed by atoms with Crippen molar-refractivity contribution in [2.45, 2.75) is 17.9 Å². The Bertz CT molecular complexity index is 545. The number of hydrogen-bond donors (Lipinski definition) is 2. The van der Waals surface area contributed by atoms with E-state index >= 15 is 0 Å². The lowest BCUT2D eigenvalue weighted by molar-refractivity contribution is -0.119. The molecular formula is C9H10Br2N2O3S. The summed E-state index contributed by atoms with van der Waals surface area (Å²) in [5.41, 5.74) is 5.00. The molecule has 0 aromatic heterocycles. The zero-order valence-electron chi connectivity index (χ0n) is 8.78. The zero-order chi connectivity index (χ0) is 13.2. The quantitative estimate of drug-likeness (QED) is 0.819. The molecule has 5 nitrogen and oxygen atoms in total. The normalized spacial score (nSPS) is 13.4. The molecule has 0 spiro atoms. The maximum atomic E-state index is 12.0. The van der Waals surface area contributed by atoms with E-state index in [1.165, 1.54) is 13.0 Å². The fraction of sp³-hybridized carbons (Fsp3) is 0.222. The fourth-order valence-corrected chi connectivity index (χ4v) is 3.75. The summed E-state index contributed by atoms with van der Waals surface area (Å²) < 4.78 is 27.1. The molecule has 0 fully saturated rings. The molecule has 1 atom stereocenters. The highest BCUT2D eigenvalue weighted by atomic mass is 79.9. The van der Waals surface area contributed by atoms with Gasteiger partial charge in [-0.2, -0.15) is 4.72 Å². The Morgan fingerprint density at radius 2 is 2.00 bits per heavy atom. The summed E-state index contributed by atoms with van der Waals surface area (Å²) >= 11 is 6.32. The van der Waals surface area contributed by atoms with Crippen LogP contribution in [0.3, 0.4) is 0 Å². The number of sulfonamides is 1. The highest BCUT2D eigenvalue weighted by Crippen LogP contribution is 2.25. The second kappa shape index (κ2) is 5.47. The first-order valence-corrected chi connectivity index (χ1v) is 7.57. The van der Waals surface area contributed by atoms with Gasteiger partial charge in [-0.25, -0.2) is 8.42 Å². The van der Waals surface area contributed by atoms with Crippen molar-refractivity contribution in [3.63, 3.8) is 0 Å². The summed E-state index contributed by atoms with van der Waals surface area (Å²) in [5.74, 6) is -0.736. The standard InChI is InChI=1S/C9H10Br2N2O3S/c1-5(9(12)14)13-17(15,16)8-4-6(10)2-3-7(8)11/h2-5,13H,1H3,(H2,12,14). The van der Waals surface area contributed by atoms with Crippen LogP contribution in [-0.2, 0) is 14.8 Å². The lowest BCUT2D eigenvalue weighted by Crippen LogP contribution is -2.42. The van der Waals surface area contributed by atoms with E-state index in [0.29, 0.717) is 8.95 Å². The van der Waals surface area contributed by atoms with Crippen LogP contribution in [0.5, 0.6) is 0 Å². The minimum absolute atomic E-state index is 0.0416. The van der Waals surface area contributed by atoms with Gasteiger partial charge in [-0.15, -0.1) is 0 Å². The molecule has 0 radical (unpaired) electrons. The maximum absolute atomic E-state index is 12.0. The molecule has 94 valence electrons. The molecule has 0 saturated heterocycles. The van der Waals surface area contributed by atoms with Gasteiger partial charge < -0.3 is 5.73 Å². The minimum atomic E-state index is -3.79. The number of hydrogen-bond acceptors (Lipinski definition) is 3. The van der Waals surface area contributed by atoms with E-state index in [0.717, 1.165) is 0 Å². The molecule has 0 aliphatic heterocycles. The maximum Gasteiger partial charge on any atom is 0.242 e. The molecule has 0 heterocycles. The lowest BCUT2D eigenvalue weighted by atomic mass is 10.4. The number of rotatable bonds is 4. The highest BCUT2D eigenvalue weighted by Gasteiger charge is 2.22. The molecule has 3 N–H and O–H groups in total. The van der Waals surface area contributed by atoms with Crippen LogP contribution < -0.4 is 10.5 Å². The van der Waals surface area contributed by atoms with Gasteiger partial charge in [0.1, 0.15) is 0 Å². The Morgan fingerprint density at radius 3 is 2.53 bits per heavy atom. The zero-order valence-corrected chi connectivity index (χ0v) is 12.8. The Balaban J connectivity index is 3.13. The van der Waals surface area contributed by atoms with Crippen molar-refractivity contribution in [3.05, 3.63) is 27.1 Å². The third-order valence-electron chi connectivity index (χ3n) is 1.94.